The Morgan fingerprint density at radius 3 is 2.57 bits per heavy atom. The number of hydrogen-bond acceptors (Lipinski definition) is 0. The molecule has 1 heterocycles. The Balaban J connectivity index is 2.53. The summed E-state index contributed by atoms with van der Waals surface area (Å²) in [6, 6.07) is 10.5. The number of nitrogens with zero attached hydrogens (tertiary/aromatic N) is 1. The molecule has 2 rings (SSSR count). The molecular weight excluding hydrogens is 217 g/mol. The standard InChI is InChI=1S/C11H8Cl2N/c1-14-6-2-3-11(14)8-4-5-9(12)10(13)7-8/h3-7H,1H3. The molecule has 14 heavy (non-hydrogen) atoms. The molecule has 0 aliphatic carbocycles. The van der Waals surface area contributed by atoms with Gasteiger partial charge in [-0.3, -0.25) is 0 Å². The van der Waals surface area contributed by atoms with Crippen molar-refractivity contribution in [1.29, 1.82) is 0 Å². The summed E-state index contributed by atoms with van der Waals surface area (Å²) in [5.41, 5.74) is 2.12. The summed E-state index contributed by atoms with van der Waals surface area (Å²) in [5.74, 6) is 0. The molecule has 2 aromatic rings. The maximum atomic E-state index is 5.93. The minimum Gasteiger partial charge on any atom is -0.350 e. The molecule has 0 bridgehead atoms. The average Bonchev–Trinajstić information content (AvgIpc) is 2.57. The Hall–Kier alpha value is -0.920. The molecule has 0 atom stereocenters. The van der Waals surface area contributed by atoms with Gasteiger partial charge in [0.05, 0.1) is 10.0 Å². The maximum Gasteiger partial charge on any atom is 0.0599 e. The fourth-order valence-electron chi connectivity index (χ4n) is 1.34. The van der Waals surface area contributed by atoms with E-state index in [9.17, 15) is 0 Å². The Morgan fingerprint density at radius 1 is 1.21 bits per heavy atom. The van der Waals surface area contributed by atoms with Gasteiger partial charge in [0.15, 0.2) is 0 Å². The van der Waals surface area contributed by atoms with E-state index in [2.05, 4.69) is 6.07 Å². The van der Waals surface area contributed by atoms with E-state index in [1.54, 1.807) is 6.07 Å². The van der Waals surface area contributed by atoms with E-state index in [-0.39, 0.29) is 0 Å². The fraction of sp³-hybridized carbons (Fsp3) is 0.0909. The molecule has 0 unspecified atom stereocenters. The van der Waals surface area contributed by atoms with Crippen LogP contribution in [0, 0.1) is 6.07 Å². The van der Waals surface area contributed by atoms with Gasteiger partial charge in [-0.25, -0.2) is 0 Å². The van der Waals surface area contributed by atoms with Crippen molar-refractivity contribution in [3.63, 3.8) is 0 Å². The Kier molecular flexibility index (Phi) is 2.53. The van der Waals surface area contributed by atoms with Crippen LogP contribution in [0.2, 0.25) is 10.0 Å². The molecule has 0 amide bonds. The van der Waals surface area contributed by atoms with Gasteiger partial charge in [-0.15, -0.1) is 0 Å². The van der Waals surface area contributed by atoms with Crippen molar-refractivity contribution in [2.45, 2.75) is 0 Å². The third-order valence-electron chi connectivity index (χ3n) is 2.08. The topological polar surface area (TPSA) is 4.93 Å². The van der Waals surface area contributed by atoms with Crippen LogP contribution in [0.25, 0.3) is 11.3 Å². The van der Waals surface area contributed by atoms with Crippen molar-refractivity contribution in [2.24, 2.45) is 7.05 Å². The van der Waals surface area contributed by atoms with Crippen molar-refractivity contribution >= 4 is 23.2 Å². The smallest absolute Gasteiger partial charge is 0.0599 e. The Morgan fingerprint density at radius 2 is 2.00 bits per heavy atom. The predicted molar refractivity (Wildman–Crippen MR) is 59.7 cm³/mol. The second-order valence-electron chi connectivity index (χ2n) is 3.07. The molecule has 0 saturated carbocycles. The second kappa shape index (κ2) is 3.68. The molecule has 0 saturated heterocycles. The van der Waals surface area contributed by atoms with Crippen molar-refractivity contribution in [2.75, 3.05) is 0 Å². The lowest BCUT2D eigenvalue weighted by Gasteiger charge is -2.04. The molecule has 1 radical (unpaired) electrons. The lowest BCUT2D eigenvalue weighted by atomic mass is 10.1. The van der Waals surface area contributed by atoms with E-state index in [0.717, 1.165) is 11.3 Å². The van der Waals surface area contributed by atoms with Crippen LogP contribution in [0.4, 0.5) is 0 Å². The van der Waals surface area contributed by atoms with E-state index < -0.39 is 0 Å². The van der Waals surface area contributed by atoms with Crippen LogP contribution in [0.5, 0.6) is 0 Å². The van der Waals surface area contributed by atoms with Crippen LogP contribution in [0.15, 0.2) is 30.5 Å². The first-order valence-corrected chi connectivity index (χ1v) is 4.92. The van der Waals surface area contributed by atoms with Gasteiger partial charge in [-0.2, -0.15) is 0 Å². The van der Waals surface area contributed by atoms with Crippen LogP contribution >= 0.6 is 23.2 Å². The number of halogens is 2. The SMILES string of the molecule is Cn1c[c]cc1-c1ccc(Cl)c(Cl)c1. The highest BCUT2D eigenvalue weighted by atomic mass is 35.5. The van der Waals surface area contributed by atoms with E-state index in [1.807, 2.05) is 36.0 Å². The number of aromatic nitrogens is 1. The largest absolute Gasteiger partial charge is 0.350 e. The number of benzene rings is 1. The van der Waals surface area contributed by atoms with E-state index >= 15 is 0 Å². The first-order valence-electron chi connectivity index (χ1n) is 4.16. The number of hydrogen-bond donors (Lipinski definition) is 0. The molecular formula is C11H8Cl2N. The molecule has 71 valence electrons. The monoisotopic (exact) mass is 224 g/mol. The van der Waals surface area contributed by atoms with Crippen LogP contribution in [0.1, 0.15) is 0 Å². The summed E-state index contributed by atoms with van der Waals surface area (Å²) in [4.78, 5) is 0. The summed E-state index contributed by atoms with van der Waals surface area (Å²) in [6.45, 7) is 0. The normalized spacial score (nSPS) is 10.5. The highest BCUT2D eigenvalue weighted by Gasteiger charge is 2.03. The highest BCUT2D eigenvalue weighted by Crippen LogP contribution is 2.28. The van der Waals surface area contributed by atoms with Crippen molar-refractivity contribution in [3.05, 3.63) is 46.6 Å². The first kappa shape index (κ1) is 9.63. The lowest BCUT2D eigenvalue weighted by molar-refractivity contribution is 0.936. The maximum absolute atomic E-state index is 5.93. The van der Waals surface area contributed by atoms with E-state index in [0.29, 0.717) is 10.0 Å². The lowest BCUT2D eigenvalue weighted by Crippen LogP contribution is -1.88. The molecule has 0 aliphatic heterocycles. The highest BCUT2D eigenvalue weighted by molar-refractivity contribution is 6.42. The number of rotatable bonds is 1. The quantitative estimate of drug-likeness (QED) is 0.695. The third kappa shape index (κ3) is 1.66. The van der Waals surface area contributed by atoms with Crippen molar-refractivity contribution in [3.8, 4) is 11.3 Å². The van der Waals surface area contributed by atoms with Crippen LogP contribution in [0.3, 0.4) is 0 Å². The Labute approximate surface area is 92.9 Å². The third-order valence-corrected chi connectivity index (χ3v) is 2.82. The van der Waals surface area contributed by atoms with Crippen LogP contribution in [-0.2, 0) is 7.05 Å². The zero-order chi connectivity index (χ0) is 10.1. The molecule has 0 aliphatic rings. The van der Waals surface area contributed by atoms with Crippen molar-refractivity contribution < 1.29 is 0 Å². The van der Waals surface area contributed by atoms with Gasteiger partial charge in [0.2, 0.25) is 0 Å². The van der Waals surface area contributed by atoms with Crippen LogP contribution in [-0.4, -0.2) is 4.57 Å². The second-order valence-corrected chi connectivity index (χ2v) is 3.88. The first-order chi connectivity index (χ1) is 6.68. The van der Waals surface area contributed by atoms with Gasteiger partial charge in [0, 0.05) is 25.0 Å². The van der Waals surface area contributed by atoms with Gasteiger partial charge >= 0.3 is 0 Å². The Bertz CT molecular complexity index is 460. The van der Waals surface area contributed by atoms with Gasteiger partial charge in [-0.1, -0.05) is 29.3 Å². The number of aryl methyl sites for hydroxylation is 1. The summed E-state index contributed by atoms with van der Waals surface area (Å²) >= 11 is 11.8. The molecule has 0 spiro atoms. The molecule has 1 aromatic carbocycles. The fourth-order valence-corrected chi connectivity index (χ4v) is 1.64. The molecule has 0 N–H and O–H groups in total. The van der Waals surface area contributed by atoms with Crippen molar-refractivity contribution in [1.82, 2.24) is 4.57 Å². The minimum atomic E-state index is 0.574. The summed E-state index contributed by atoms with van der Waals surface area (Å²) in [7, 11) is 1.97. The molecule has 0 fully saturated rings. The molecule has 3 heteroatoms. The van der Waals surface area contributed by atoms with Gasteiger partial charge < -0.3 is 4.57 Å². The average molecular weight is 225 g/mol. The summed E-state index contributed by atoms with van der Waals surface area (Å²) in [5, 5.41) is 1.15. The van der Waals surface area contributed by atoms with Gasteiger partial charge in [0.1, 0.15) is 0 Å². The molecule has 1 aromatic heterocycles. The van der Waals surface area contributed by atoms with Crippen LogP contribution < -0.4 is 0 Å². The minimum absolute atomic E-state index is 0.574. The summed E-state index contributed by atoms with van der Waals surface area (Å²) < 4.78 is 1.99. The molecule has 1 nitrogen and oxygen atoms in total. The zero-order valence-electron chi connectivity index (χ0n) is 7.59. The van der Waals surface area contributed by atoms with Gasteiger partial charge in [-0.05, 0) is 23.8 Å². The predicted octanol–water partition coefficient (Wildman–Crippen LogP) is 3.80. The van der Waals surface area contributed by atoms with E-state index in [1.165, 1.54) is 0 Å². The summed E-state index contributed by atoms with van der Waals surface area (Å²) in [6.07, 6.45) is 1.87. The van der Waals surface area contributed by atoms with Gasteiger partial charge in [0.25, 0.3) is 0 Å². The zero-order valence-corrected chi connectivity index (χ0v) is 9.10. The van der Waals surface area contributed by atoms with E-state index in [4.69, 9.17) is 23.2 Å².